The zero-order valence-corrected chi connectivity index (χ0v) is 16.2. The van der Waals surface area contributed by atoms with E-state index in [0.717, 1.165) is 23.5 Å². The Morgan fingerprint density at radius 2 is 2.08 bits per heavy atom. The maximum Gasteiger partial charge on any atom is 0.267 e. The molecule has 2 amide bonds. The van der Waals surface area contributed by atoms with Crippen LogP contribution in [0.3, 0.4) is 0 Å². The molecule has 26 heavy (non-hydrogen) atoms. The van der Waals surface area contributed by atoms with Gasteiger partial charge in [-0.15, -0.1) is 11.3 Å². The van der Waals surface area contributed by atoms with E-state index in [1.54, 1.807) is 17.1 Å². The van der Waals surface area contributed by atoms with Crippen molar-refractivity contribution in [2.24, 2.45) is 0 Å². The topological polar surface area (TPSA) is 88.9 Å². The first kappa shape index (κ1) is 18.6. The van der Waals surface area contributed by atoms with Gasteiger partial charge in [-0.2, -0.15) is 5.10 Å². The summed E-state index contributed by atoms with van der Waals surface area (Å²) in [4.78, 5) is 29.6. The van der Waals surface area contributed by atoms with Crippen LogP contribution in [0, 0.1) is 6.92 Å². The van der Waals surface area contributed by atoms with Gasteiger partial charge in [-0.1, -0.05) is 26.7 Å². The lowest BCUT2D eigenvalue weighted by Crippen LogP contribution is -2.35. The first-order valence-corrected chi connectivity index (χ1v) is 9.84. The lowest BCUT2D eigenvalue weighted by Gasteiger charge is -2.11. The Balaban J connectivity index is 1.57. The van der Waals surface area contributed by atoms with E-state index in [0.29, 0.717) is 22.5 Å². The molecule has 2 N–H and O–H groups in total. The molecule has 1 aliphatic rings. The van der Waals surface area contributed by atoms with Gasteiger partial charge in [0.25, 0.3) is 5.91 Å². The van der Waals surface area contributed by atoms with E-state index in [2.05, 4.69) is 34.6 Å². The molecule has 1 aliphatic carbocycles. The van der Waals surface area contributed by atoms with Crippen LogP contribution in [0.2, 0.25) is 0 Å². The molecule has 0 saturated heterocycles. The van der Waals surface area contributed by atoms with Gasteiger partial charge in [0.2, 0.25) is 5.91 Å². The summed E-state index contributed by atoms with van der Waals surface area (Å²) < 4.78 is 1.54. The van der Waals surface area contributed by atoms with Crippen molar-refractivity contribution in [1.29, 1.82) is 0 Å². The fraction of sp³-hybridized carbons (Fsp3) is 0.556. The monoisotopic (exact) mass is 375 g/mol. The molecule has 0 spiro atoms. The van der Waals surface area contributed by atoms with Crippen molar-refractivity contribution in [2.75, 3.05) is 5.32 Å². The van der Waals surface area contributed by atoms with E-state index in [-0.39, 0.29) is 18.4 Å². The Bertz CT molecular complexity index is 789. The first-order chi connectivity index (χ1) is 12.4. The average molecular weight is 375 g/mol. The molecule has 7 nitrogen and oxygen atoms in total. The second kappa shape index (κ2) is 7.99. The van der Waals surface area contributed by atoms with Crippen LogP contribution < -0.4 is 10.6 Å². The standard InChI is InChI=1S/C18H25N5O2S/c1-11(2)18-20-12(3)16(26-18)17(25)22-14-8-19-23(9-14)10-15(24)21-13-6-4-5-7-13/h8-9,11,13H,4-7,10H2,1-3H3,(H,21,24)(H,22,25). The molecule has 2 aromatic rings. The summed E-state index contributed by atoms with van der Waals surface area (Å²) in [5, 5.41) is 11.0. The highest BCUT2D eigenvalue weighted by molar-refractivity contribution is 7.14. The highest BCUT2D eigenvalue weighted by Crippen LogP contribution is 2.25. The van der Waals surface area contributed by atoms with E-state index in [9.17, 15) is 9.59 Å². The van der Waals surface area contributed by atoms with Crippen molar-refractivity contribution in [2.45, 2.75) is 65.0 Å². The number of anilines is 1. The molecule has 8 heteroatoms. The summed E-state index contributed by atoms with van der Waals surface area (Å²) in [6.45, 7) is 6.11. The van der Waals surface area contributed by atoms with Crippen molar-refractivity contribution < 1.29 is 9.59 Å². The van der Waals surface area contributed by atoms with E-state index in [1.807, 2.05) is 6.92 Å². The van der Waals surface area contributed by atoms with Gasteiger partial charge in [0, 0.05) is 18.2 Å². The summed E-state index contributed by atoms with van der Waals surface area (Å²) in [6.07, 6.45) is 7.70. The van der Waals surface area contributed by atoms with E-state index in [1.165, 1.54) is 24.2 Å². The van der Waals surface area contributed by atoms with Gasteiger partial charge < -0.3 is 10.6 Å². The second-order valence-corrected chi connectivity index (χ2v) is 8.08. The van der Waals surface area contributed by atoms with Gasteiger partial charge >= 0.3 is 0 Å². The van der Waals surface area contributed by atoms with Gasteiger partial charge in [-0.05, 0) is 19.8 Å². The highest BCUT2D eigenvalue weighted by Gasteiger charge is 2.19. The largest absolute Gasteiger partial charge is 0.352 e. The van der Waals surface area contributed by atoms with Crippen molar-refractivity contribution in [3.8, 4) is 0 Å². The molecule has 0 atom stereocenters. The number of aromatic nitrogens is 3. The average Bonchev–Trinajstić information content (AvgIpc) is 3.29. The minimum absolute atomic E-state index is 0.0437. The van der Waals surface area contributed by atoms with Crippen molar-refractivity contribution in [3.05, 3.63) is 28.0 Å². The molecular formula is C18H25N5O2S. The van der Waals surface area contributed by atoms with Crippen LogP contribution >= 0.6 is 11.3 Å². The lowest BCUT2D eigenvalue weighted by atomic mass is 10.2. The third-order valence-electron chi connectivity index (χ3n) is 4.43. The summed E-state index contributed by atoms with van der Waals surface area (Å²) in [7, 11) is 0. The molecule has 0 unspecified atom stereocenters. The zero-order chi connectivity index (χ0) is 18.7. The predicted octanol–water partition coefficient (Wildman–Crippen LogP) is 3.08. The zero-order valence-electron chi connectivity index (χ0n) is 15.4. The molecular weight excluding hydrogens is 350 g/mol. The molecule has 140 valence electrons. The van der Waals surface area contributed by atoms with Crippen molar-refractivity contribution in [3.63, 3.8) is 0 Å². The van der Waals surface area contributed by atoms with Gasteiger partial charge in [-0.25, -0.2) is 4.98 Å². The van der Waals surface area contributed by atoms with E-state index in [4.69, 9.17) is 0 Å². The quantitative estimate of drug-likeness (QED) is 0.812. The van der Waals surface area contributed by atoms with Crippen LogP contribution in [-0.4, -0.2) is 32.6 Å². The van der Waals surface area contributed by atoms with Crippen LogP contribution in [-0.2, 0) is 11.3 Å². The number of thiazole rings is 1. The van der Waals surface area contributed by atoms with Crippen molar-refractivity contribution in [1.82, 2.24) is 20.1 Å². The molecule has 3 rings (SSSR count). The fourth-order valence-corrected chi connectivity index (χ4v) is 4.03. The summed E-state index contributed by atoms with van der Waals surface area (Å²) in [6, 6.07) is 0.293. The molecule has 0 radical (unpaired) electrons. The number of amides is 2. The van der Waals surface area contributed by atoms with E-state index >= 15 is 0 Å². The predicted molar refractivity (Wildman–Crippen MR) is 102 cm³/mol. The minimum atomic E-state index is -0.193. The van der Waals surface area contributed by atoms with Crippen LogP contribution in [0.25, 0.3) is 0 Å². The summed E-state index contributed by atoms with van der Waals surface area (Å²) >= 11 is 1.42. The minimum Gasteiger partial charge on any atom is -0.352 e. The summed E-state index contributed by atoms with van der Waals surface area (Å²) in [5.74, 6) is 0.0565. The smallest absolute Gasteiger partial charge is 0.267 e. The second-order valence-electron chi connectivity index (χ2n) is 7.05. The SMILES string of the molecule is Cc1nc(C(C)C)sc1C(=O)Nc1cnn(CC(=O)NC2CCCC2)c1. The van der Waals surface area contributed by atoms with Gasteiger partial charge in [0.15, 0.2) is 0 Å². The summed E-state index contributed by atoms with van der Waals surface area (Å²) in [5.41, 5.74) is 1.31. The Kier molecular flexibility index (Phi) is 5.70. The maximum atomic E-state index is 12.5. The van der Waals surface area contributed by atoms with Crippen LogP contribution in [0.15, 0.2) is 12.4 Å². The molecule has 0 bridgehead atoms. The number of carbonyl (C=O) groups excluding carboxylic acids is 2. The molecule has 2 aromatic heterocycles. The Labute approximate surface area is 157 Å². The number of nitrogens with one attached hydrogen (secondary N) is 2. The van der Waals surface area contributed by atoms with Gasteiger partial charge in [0.05, 0.1) is 22.6 Å². The van der Waals surface area contributed by atoms with Crippen LogP contribution in [0.5, 0.6) is 0 Å². The van der Waals surface area contributed by atoms with E-state index < -0.39 is 0 Å². The number of hydrogen-bond donors (Lipinski definition) is 2. The Morgan fingerprint density at radius 3 is 2.73 bits per heavy atom. The third kappa shape index (κ3) is 4.49. The van der Waals surface area contributed by atoms with Gasteiger partial charge in [-0.3, -0.25) is 14.3 Å². The molecule has 1 saturated carbocycles. The Hall–Kier alpha value is -2.22. The third-order valence-corrected chi connectivity index (χ3v) is 5.89. The number of nitrogens with zero attached hydrogens (tertiary/aromatic N) is 3. The number of rotatable bonds is 6. The Morgan fingerprint density at radius 1 is 1.35 bits per heavy atom. The molecule has 0 aromatic carbocycles. The highest BCUT2D eigenvalue weighted by atomic mass is 32.1. The maximum absolute atomic E-state index is 12.5. The number of hydrogen-bond acceptors (Lipinski definition) is 5. The lowest BCUT2D eigenvalue weighted by molar-refractivity contribution is -0.122. The molecule has 2 heterocycles. The fourth-order valence-electron chi connectivity index (χ4n) is 3.07. The van der Waals surface area contributed by atoms with Crippen LogP contribution in [0.1, 0.15) is 65.8 Å². The molecule has 0 aliphatic heterocycles. The van der Waals surface area contributed by atoms with Gasteiger partial charge in [0.1, 0.15) is 11.4 Å². The van der Waals surface area contributed by atoms with Crippen molar-refractivity contribution >= 4 is 28.8 Å². The van der Waals surface area contributed by atoms with Crippen LogP contribution in [0.4, 0.5) is 5.69 Å². The molecule has 1 fully saturated rings. The number of carbonyl (C=O) groups is 2. The number of aryl methyl sites for hydroxylation is 1. The first-order valence-electron chi connectivity index (χ1n) is 9.03. The normalized spacial score (nSPS) is 14.8.